The second-order valence-corrected chi connectivity index (χ2v) is 6.24. The Morgan fingerprint density at radius 1 is 0.967 bits per heavy atom. The summed E-state index contributed by atoms with van der Waals surface area (Å²) in [6.07, 6.45) is 4.09. The van der Waals surface area contributed by atoms with Crippen molar-refractivity contribution in [1.82, 2.24) is 19.7 Å². The quantitative estimate of drug-likeness (QED) is 0.500. The molecule has 1 N–H and O–H groups in total. The molecular weight excluding hydrogens is 382 g/mol. The van der Waals surface area contributed by atoms with Gasteiger partial charge in [0.05, 0.1) is 17.6 Å². The van der Waals surface area contributed by atoms with Crippen LogP contribution in [0.25, 0.3) is 16.9 Å². The second kappa shape index (κ2) is 8.78. The Hall–Kier alpha value is -4.33. The average molecular weight is 399 g/mol. The highest BCUT2D eigenvalue weighted by atomic mass is 16.5. The standard InChI is InChI=1S/C22H17N5O3/c28-21(15-30-22(29)19-14-23-11-12-24-19)25-20-13-18(16-7-3-1-4-8-16)26-27(20)17-9-5-2-6-10-17/h1-14H,15H2,(H,25,28). The maximum Gasteiger partial charge on any atom is 0.359 e. The molecule has 4 rings (SSSR count). The van der Waals surface area contributed by atoms with Crippen LogP contribution in [0.3, 0.4) is 0 Å². The van der Waals surface area contributed by atoms with Gasteiger partial charge in [-0.2, -0.15) is 5.10 Å². The van der Waals surface area contributed by atoms with E-state index in [2.05, 4.69) is 20.4 Å². The number of carbonyl (C=O) groups is 2. The molecule has 0 aliphatic rings. The Balaban J connectivity index is 1.53. The lowest BCUT2D eigenvalue weighted by atomic mass is 10.2. The third-order valence-corrected chi connectivity index (χ3v) is 4.15. The van der Waals surface area contributed by atoms with Crippen molar-refractivity contribution in [2.24, 2.45) is 0 Å². The zero-order valence-corrected chi connectivity index (χ0v) is 15.8. The average Bonchev–Trinajstić information content (AvgIpc) is 3.23. The van der Waals surface area contributed by atoms with E-state index < -0.39 is 18.5 Å². The molecule has 2 aromatic carbocycles. The molecule has 148 valence electrons. The summed E-state index contributed by atoms with van der Waals surface area (Å²) in [4.78, 5) is 32.0. The summed E-state index contributed by atoms with van der Waals surface area (Å²) in [5.41, 5.74) is 2.43. The number of rotatable bonds is 6. The number of carbonyl (C=O) groups excluding carboxylic acids is 2. The van der Waals surface area contributed by atoms with Gasteiger partial charge in [-0.25, -0.2) is 14.5 Å². The first-order valence-electron chi connectivity index (χ1n) is 9.14. The smallest absolute Gasteiger partial charge is 0.359 e. The summed E-state index contributed by atoms with van der Waals surface area (Å²) in [5, 5.41) is 7.38. The fourth-order valence-corrected chi connectivity index (χ4v) is 2.77. The molecule has 0 aliphatic carbocycles. The van der Waals surface area contributed by atoms with Crippen molar-refractivity contribution in [3.8, 4) is 16.9 Å². The fourth-order valence-electron chi connectivity index (χ4n) is 2.77. The second-order valence-electron chi connectivity index (χ2n) is 6.24. The Morgan fingerprint density at radius 3 is 2.40 bits per heavy atom. The summed E-state index contributed by atoms with van der Waals surface area (Å²) in [7, 11) is 0. The predicted molar refractivity (Wildman–Crippen MR) is 110 cm³/mol. The molecule has 0 saturated heterocycles. The van der Waals surface area contributed by atoms with E-state index in [0.717, 1.165) is 11.3 Å². The van der Waals surface area contributed by atoms with E-state index in [9.17, 15) is 9.59 Å². The molecule has 0 fully saturated rings. The minimum atomic E-state index is -0.722. The number of benzene rings is 2. The number of para-hydroxylation sites is 1. The molecule has 8 heteroatoms. The normalized spacial score (nSPS) is 10.4. The van der Waals surface area contributed by atoms with Gasteiger partial charge in [0.1, 0.15) is 5.82 Å². The first kappa shape index (κ1) is 19.0. The van der Waals surface area contributed by atoms with E-state index in [1.807, 2.05) is 60.7 Å². The molecule has 0 spiro atoms. The number of aromatic nitrogens is 4. The SMILES string of the molecule is O=C(COC(=O)c1cnccn1)Nc1cc(-c2ccccc2)nn1-c1ccccc1. The molecule has 0 bridgehead atoms. The Bertz CT molecular complexity index is 1150. The van der Waals surface area contributed by atoms with Gasteiger partial charge < -0.3 is 10.1 Å². The van der Waals surface area contributed by atoms with Crippen LogP contribution >= 0.6 is 0 Å². The highest BCUT2D eigenvalue weighted by Crippen LogP contribution is 2.24. The van der Waals surface area contributed by atoms with Crippen molar-refractivity contribution in [3.63, 3.8) is 0 Å². The summed E-state index contributed by atoms with van der Waals surface area (Å²) >= 11 is 0. The molecule has 0 unspecified atom stereocenters. The Labute approximate surface area is 172 Å². The van der Waals surface area contributed by atoms with Crippen LogP contribution in [-0.4, -0.2) is 38.2 Å². The molecule has 0 radical (unpaired) electrons. The van der Waals surface area contributed by atoms with Gasteiger partial charge in [0.2, 0.25) is 0 Å². The minimum absolute atomic E-state index is 0.0333. The van der Waals surface area contributed by atoms with E-state index in [0.29, 0.717) is 11.5 Å². The van der Waals surface area contributed by atoms with Gasteiger partial charge in [0.25, 0.3) is 5.91 Å². The zero-order valence-electron chi connectivity index (χ0n) is 15.8. The van der Waals surface area contributed by atoms with Crippen LogP contribution in [0, 0.1) is 0 Å². The molecule has 2 aromatic heterocycles. The lowest BCUT2D eigenvalue weighted by Gasteiger charge is -2.09. The first-order valence-corrected chi connectivity index (χ1v) is 9.14. The van der Waals surface area contributed by atoms with Crippen molar-refractivity contribution in [1.29, 1.82) is 0 Å². The topological polar surface area (TPSA) is 99.0 Å². The number of anilines is 1. The largest absolute Gasteiger partial charge is 0.451 e. The number of nitrogens with zero attached hydrogens (tertiary/aromatic N) is 4. The summed E-state index contributed by atoms with van der Waals surface area (Å²) in [6.45, 7) is -0.462. The molecule has 2 heterocycles. The van der Waals surface area contributed by atoms with Crippen molar-refractivity contribution < 1.29 is 14.3 Å². The van der Waals surface area contributed by atoms with Gasteiger partial charge in [-0.1, -0.05) is 48.5 Å². The van der Waals surface area contributed by atoms with Crippen molar-refractivity contribution in [2.75, 3.05) is 11.9 Å². The third kappa shape index (κ3) is 4.39. The molecule has 30 heavy (non-hydrogen) atoms. The number of hydrogen-bond donors (Lipinski definition) is 1. The Morgan fingerprint density at radius 2 is 1.70 bits per heavy atom. The van der Waals surface area contributed by atoms with Crippen molar-refractivity contribution in [3.05, 3.63) is 91.0 Å². The van der Waals surface area contributed by atoms with Crippen LogP contribution in [0.5, 0.6) is 0 Å². The molecular formula is C22H17N5O3. The maximum atomic E-state index is 12.4. The van der Waals surface area contributed by atoms with Crippen LogP contribution in [0.15, 0.2) is 85.3 Å². The summed E-state index contributed by atoms with van der Waals surface area (Å²) in [6, 6.07) is 20.8. The van der Waals surface area contributed by atoms with Crippen LogP contribution < -0.4 is 5.32 Å². The minimum Gasteiger partial charge on any atom is -0.451 e. The summed E-state index contributed by atoms with van der Waals surface area (Å²) in [5.74, 6) is -0.760. The lowest BCUT2D eigenvalue weighted by Crippen LogP contribution is -2.22. The van der Waals surface area contributed by atoms with Crippen molar-refractivity contribution >= 4 is 17.7 Å². The van der Waals surface area contributed by atoms with Gasteiger partial charge in [-0.05, 0) is 12.1 Å². The monoisotopic (exact) mass is 399 g/mol. The van der Waals surface area contributed by atoms with E-state index in [4.69, 9.17) is 4.74 Å². The van der Waals surface area contributed by atoms with Gasteiger partial charge in [-0.15, -0.1) is 0 Å². The maximum absolute atomic E-state index is 12.4. The number of hydrogen-bond acceptors (Lipinski definition) is 6. The summed E-state index contributed by atoms with van der Waals surface area (Å²) < 4.78 is 6.65. The van der Waals surface area contributed by atoms with Gasteiger partial charge in [0, 0.05) is 24.0 Å². The Kier molecular flexibility index (Phi) is 5.56. The molecule has 0 atom stereocenters. The van der Waals surface area contributed by atoms with Gasteiger partial charge in [0.15, 0.2) is 12.3 Å². The highest BCUT2D eigenvalue weighted by molar-refractivity contribution is 5.94. The highest BCUT2D eigenvalue weighted by Gasteiger charge is 2.16. The number of ether oxygens (including phenoxy) is 1. The first-order chi connectivity index (χ1) is 14.7. The van der Waals surface area contributed by atoms with E-state index in [1.165, 1.54) is 18.6 Å². The zero-order chi connectivity index (χ0) is 20.8. The van der Waals surface area contributed by atoms with Gasteiger partial charge in [-0.3, -0.25) is 9.78 Å². The van der Waals surface area contributed by atoms with Crippen LogP contribution in [0.1, 0.15) is 10.5 Å². The number of nitrogens with one attached hydrogen (secondary N) is 1. The predicted octanol–water partition coefficient (Wildman–Crippen LogP) is 3.12. The van der Waals surface area contributed by atoms with E-state index in [1.54, 1.807) is 10.7 Å². The van der Waals surface area contributed by atoms with Crippen LogP contribution in [-0.2, 0) is 9.53 Å². The van der Waals surface area contributed by atoms with E-state index >= 15 is 0 Å². The molecule has 4 aromatic rings. The van der Waals surface area contributed by atoms with Gasteiger partial charge >= 0.3 is 5.97 Å². The van der Waals surface area contributed by atoms with Crippen LogP contribution in [0.2, 0.25) is 0 Å². The molecule has 8 nitrogen and oxygen atoms in total. The fraction of sp³-hybridized carbons (Fsp3) is 0.0455. The van der Waals surface area contributed by atoms with Crippen LogP contribution in [0.4, 0.5) is 5.82 Å². The molecule has 0 saturated carbocycles. The van der Waals surface area contributed by atoms with E-state index in [-0.39, 0.29) is 5.69 Å². The lowest BCUT2D eigenvalue weighted by molar-refractivity contribution is -0.119. The molecule has 0 aliphatic heterocycles. The van der Waals surface area contributed by atoms with Crippen molar-refractivity contribution in [2.45, 2.75) is 0 Å². The number of esters is 1. The third-order valence-electron chi connectivity index (χ3n) is 4.15. The number of amides is 1. The molecule has 1 amide bonds.